The van der Waals surface area contributed by atoms with Crippen molar-refractivity contribution in [1.82, 2.24) is 19.4 Å². The topological polar surface area (TPSA) is 91.0 Å². The number of fused-ring (bicyclic) bond motifs is 1. The van der Waals surface area contributed by atoms with Gasteiger partial charge in [-0.2, -0.15) is 5.10 Å². The minimum absolute atomic E-state index is 0.0528. The number of hydrogen-bond donors (Lipinski definition) is 1. The molecule has 0 radical (unpaired) electrons. The van der Waals surface area contributed by atoms with E-state index in [1.807, 2.05) is 31.2 Å². The van der Waals surface area contributed by atoms with Crippen molar-refractivity contribution in [3.05, 3.63) is 82.8 Å². The third kappa shape index (κ3) is 3.70. The van der Waals surface area contributed by atoms with Crippen LogP contribution in [0.25, 0.3) is 16.7 Å². The molecule has 8 nitrogen and oxygen atoms in total. The summed E-state index contributed by atoms with van der Waals surface area (Å²) in [5.74, 6) is -1.27. The summed E-state index contributed by atoms with van der Waals surface area (Å²) in [6.07, 6.45) is 2.58. The molecule has 2 aromatic heterocycles. The van der Waals surface area contributed by atoms with Crippen LogP contribution >= 0.6 is 0 Å². The van der Waals surface area contributed by atoms with Crippen LogP contribution in [0.2, 0.25) is 0 Å². The fourth-order valence-electron chi connectivity index (χ4n) is 2.74. The zero-order chi connectivity index (χ0) is 20.4. The van der Waals surface area contributed by atoms with E-state index in [2.05, 4.69) is 15.5 Å². The molecule has 0 aliphatic heterocycles. The Kier molecular flexibility index (Phi) is 4.78. The Morgan fingerprint density at radius 1 is 1.17 bits per heavy atom. The SMILES string of the molecule is Cc1ccc(-n2ncc3c(=O)n(NC(=O)COc4ccccc4F)cnc32)cc1. The average molecular weight is 393 g/mol. The summed E-state index contributed by atoms with van der Waals surface area (Å²) in [5.41, 5.74) is 4.10. The lowest BCUT2D eigenvalue weighted by atomic mass is 10.2. The second kappa shape index (κ2) is 7.55. The van der Waals surface area contributed by atoms with Crippen LogP contribution in [0.3, 0.4) is 0 Å². The molecule has 4 rings (SSSR count). The Hall–Kier alpha value is -4.01. The van der Waals surface area contributed by atoms with E-state index < -0.39 is 23.9 Å². The van der Waals surface area contributed by atoms with Crippen LogP contribution in [0.4, 0.5) is 4.39 Å². The molecule has 0 aliphatic rings. The third-order valence-electron chi connectivity index (χ3n) is 4.21. The standard InChI is InChI=1S/C20H16FN5O3/c1-13-6-8-14(9-7-13)26-19-15(10-23-26)20(28)25(12-22-19)24-18(27)11-29-17-5-3-2-4-16(17)21/h2-10,12H,11H2,1H3,(H,24,27). The van der Waals surface area contributed by atoms with Gasteiger partial charge < -0.3 is 4.74 Å². The summed E-state index contributed by atoms with van der Waals surface area (Å²) in [6.45, 7) is 1.51. The number of carbonyl (C=O) groups is 1. The number of nitrogens with zero attached hydrogens (tertiary/aromatic N) is 4. The summed E-state index contributed by atoms with van der Waals surface area (Å²) >= 11 is 0. The van der Waals surface area contributed by atoms with E-state index in [4.69, 9.17) is 4.74 Å². The van der Waals surface area contributed by atoms with E-state index in [1.54, 1.807) is 10.7 Å². The van der Waals surface area contributed by atoms with Gasteiger partial charge in [0, 0.05) is 0 Å². The lowest BCUT2D eigenvalue weighted by Gasteiger charge is -2.09. The molecular formula is C20H16FN5O3. The van der Waals surface area contributed by atoms with Crippen LogP contribution in [0, 0.1) is 12.7 Å². The Labute approximate surface area is 164 Å². The maximum Gasteiger partial charge on any atom is 0.283 e. The van der Waals surface area contributed by atoms with Gasteiger partial charge in [0.1, 0.15) is 11.7 Å². The second-order valence-electron chi connectivity index (χ2n) is 6.30. The summed E-state index contributed by atoms with van der Waals surface area (Å²) < 4.78 is 21.2. The number of aromatic nitrogens is 4. The van der Waals surface area contributed by atoms with Gasteiger partial charge in [0.05, 0.1) is 11.9 Å². The van der Waals surface area contributed by atoms with Crippen molar-refractivity contribution >= 4 is 16.9 Å². The van der Waals surface area contributed by atoms with Gasteiger partial charge in [-0.05, 0) is 31.2 Å². The number of carbonyl (C=O) groups excluding carboxylic acids is 1. The first-order chi connectivity index (χ1) is 14.0. The number of halogens is 1. The van der Waals surface area contributed by atoms with E-state index in [1.165, 1.54) is 30.7 Å². The molecule has 0 unspecified atom stereocenters. The highest BCUT2D eigenvalue weighted by Crippen LogP contribution is 2.15. The number of ether oxygens (including phenoxy) is 1. The van der Waals surface area contributed by atoms with Crippen molar-refractivity contribution in [2.24, 2.45) is 0 Å². The van der Waals surface area contributed by atoms with Gasteiger partial charge >= 0.3 is 0 Å². The zero-order valence-electron chi connectivity index (χ0n) is 15.4. The number of amides is 1. The van der Waals surface area contributed by atoms with Crippen LogP contribution in [-0.2, 0) is 4.79 Å². The first-order valence-electron chi connectivity index (χ1n) is 8.72. The van der Waals surface area contributed by atoms with Crippen LogP contribution in [0.1, 0.15) is 5.56 Å². The summed E-state index contributed by atoms with van der Waals surface area (Å²) in [5, 5.41) is 4.46. The fourth-order valence-corrected chi connectivity index (χ4v) is 2.74. The Bertz CT molecular complexity index is 1250. The molecular weight excluding hydrogens is 377 g/mol. The number of rotatable bonds is 5. The quantitative estimate of drug-likeness (QED) is 0.561. The largest absolute Gasteiger partial charge is 0.481 e. The van der Waals surface area contributed by atoms with Gasteiger partial charge in [-0.15, -0.1) is 0 Å². The minimum atomic E-state index is -0.637. The van der Waals surface area contributed by atoms with E-state index in [9.17, 15) is 14.0 Å². The normalized spacial score (nSPS) is 10.8. The van der Waals surface area contributed by atoms with Crippen LogP contribution in [0.15, 0.2) is 65.8 Å². The molecule has 29 heavy (non-hydrogen) atoms. The molecule has 0 fully saturated rings. The molecule has 4 aromatic rings. The van der Waals surface area contributed by atoms with E-state index in [0.717, 1.165) is 15.9 Å². The smallest absolute Gasteiger partial charge is 0.283 e. The molecule has 146 valence electrons. The highest BCUT2D eigenvalue weighted by Gasteiger charge is 2.13. The maximum absolute atomic E-state index is 13.5. The van der Waals surface area contributed by atoms with Crippen LogP contribution in [0.5, 0.6) is 5.75 Å². The molecule has 0 atom stereocenters. The van der Waals surface area contributed by atoms with Gasteiger partial charge in [0.15, 0.2) is 23.8 Å². The monoisotopic (exact) mass is 393 g/mol. The van der Waals surface area contributed by atoms with Crippen LogP contribution < -0.4 is 15.7 Å². The third-order valence-corrected chi connectivity index (χ3v) is 4.21. The van der Waals surface area contributed by atoms with E-state index >= 15 is 0 Å². The predicted molar refractivity (Wildman–Crippen MR) is 104 cm³/mol. The number of hydrogen-bond acceptors (Lipinski definition) is 5. The Balaban J connectivity index is 1.53. The van der Waals surface area contributed by atoms with Crippen molar-refractivity contribution in [2.45, 2.75) is 6.92 Å². The predicted octanol–water partition coefficient (Wildman–Crippen LogP) is 2.18. The van der Waals surface area contributed by atoms with Crippen molar-refractivity contribution in [3.8, 4) is 11.4 Å². The van der Waals surface area contributed by atoms with Crippen LogP contribution in [-0.4, -0.2) is 32.0 Å². The van der Waals surface area contributed by atoms with Gasteiger partial charge in [-0.3, -0.25) is 15.0 Å². The van der Waals surface area contributed by atoms with E-state index in [0.29, 0.717) is 5.65 Å². The molecule has 2 heterocycles. The summed E-state index contributed by atoms with van der Waals surface area (Å²) in [4.78, 5) is 29.0. The fraction of sp³-hybridized carbons (Fsp3) is 0.100. The van der Waals surface area contributed by atoms with Gasteiger partial charge in [-0.25, -0.2) is 18.7 Å². The first-order valence-corrected chi connectivity index (χ1v) is 8.72. The molecule has 0 saturated carbocycles. The van der Waals surface area contributed by atoms with Gasteiger partial charge in [0.2, 0.25) is 0 Å². The second-order valence-corrected chi connectivity index (χ2v) is 6.30. The van der Waals surface area contributed by atoms with Crippen molar-refractivity contribution in [3.63, 3.8) is 0 Å². The number of nitrogens with one attached hydrogen (secondary N) is 1. The summed E-state index contributed by atoms with van der Waals surface area (Å²) in [7, 11) is 0. The first kappa shape index (κ1) is 18.4. The van der Waals surface area contributed by atoms with Crippen molar-refractivity contribution in [1.29, 1.82) is 0 Å². The molecule has 9 heteroatoms. The molecule has 0 spiro atoms. The van der Waals surface area contributed by atoms with E-state index in [-0.39, 0.29) is 11.1 Å². The lowest BCUT2D eigenvalue weighted by Crippen LogP contribution is -2.35. The molecule has 0 aliphatic carbocycles. The molecule has 0 bridgehead atoms. The number of benzene rings is 2. The van der Waals surface area contributed by atoms with Crippen molar-refractivity contribution < 1.29 is 13.9 Å². The molecule has 1 N–H and O–H groups in total. The van der Waals surface area contributed by atoms with Crippen molar-refractivity contribution in [2.75, 3.05) is 12.0 Å². The minimum Gasteiger partial charge on any atom is -0.481 e. The highest BCUT2D eigenvalue weighted by molar-refractivity contribution is 5.85. The summed E-state index contributed by atoms with van der Waals surface area (Å²) in [6, 6.07) is 13.3. The Morgan fingerprint density at radius 3 is 2.69 bits per heavy atom. The maximum atomic E-state index is 13.5. The number of aryl methyl sites for hydroxylation is 1. The molecule has 2 aromatic carbocycles. The van der Waals surface area contributed by atoms with Gasteiger partial charge in [0.25, 0.3) is 11.5 Å². The number of para-hydroxylation sites is 1. The van der Waals surface area contributed by atoms with Gasteiger partial charge in [-0.1, -0.05) is 29.8 Å². The average Bonchev–Trinajstić information content (AvgIpc) is 3.15. The Morgan fingerprint density at radius 2 is 1.93 bits per heavy atom. The lowest BCUT2D eigenvalue weighted by molar-refractivity contribution is -0.119. The molecule has 1 amide bonds. The molecule has 0 saturated heterocycles. The zero-order valence-corrected chi connectivity index (χ0v) is 15.4. The highest BCUT2D eigenvalue weighted by atomic mass is 19.1.